The molecule has 5 rings (SSSR count). The number of nitrogens with zero attached hydrogens (tertiary/aromatic N) is 1. The molecule has 28 heavy (non-hydrogen) atoms. The largest absolute Gasteiger partial charge is 0.472 e. The minimum atomic E-state index is -0.169. The van der Waals surface area contributed by atoms with Gasteiger partial charge >= 0.3 is 5.63 Å². The van der Waals surface area contributed by atoms with Crippen LogP contribution in [-0.4, -0.2) is 6.73 Å². The Balaban J connectivity index is 1.64. The molecule has 1 aliphatic carbocycles. The van der Waals surface area contributed by atoms with E-state index >= 15 is 0 Å². The summed E-state index contributed by atoms with van der Waals surface area (Å²) in [6.45, 7) is 7.56. The Hall–Kier alpha value is -2.75. The fourth-order valence-corrected chi connectivity index (χ4v) is 4.82. The van der Waals surface area contributed by atoms with Crippen LogP contribution in [0.15, 0.2) is 33.5 Å². The molecule has 2 heterocycles. The fourth-order valence-electron chi connectivity index (χ4n) is 4.82. The van der Waals surface area contributed by atoms with Crippen LogP contribution in [0.4, 0.5) is 5.69 Å². The maximum absolute atomic E-state index is 12.5. The van der Waals surface area contributed by atoms with E-state index in [0.29, 0.717) is 12.3 Å². The predicted molar refractivity (Wildman–Crippen MR) is 111 cm³/mol. The van der Waals surface area contributed by atoms with Crippen LogP contribution in [0.3, 0.4) is 0 Å². The molecular formula is C24H25NO3. The fraction of sp³-hybridized carbons (Fsp3) is 0.375. The molecule has 0 saturated heterocycles. The summed E-state index contributed by atoms with van der Waals surface area (Å²) in [7, 11) is 0. The van der Waals surface area contributed by atoms with E-state index in [2.05, 4.69) is 43.0 Å². The van der Waals surface area contributed by atoms with Crippen molar-refractivity contribution in [1.29, 1.82) is 0 Å². The van der Waals surface area contributed by atoms with Gasteiger partial charge in [0.1, 0.15) is 11.3 Å². The number of hydrogen-bond acceptors (Lipinski definition) is 4. The summed E-state index contributed by atoms with van der Waals surface area (Å²) in [5, 5.41) is 1.09. The smallest absolute Gasteiger partial charge is 0.339 e. The normalized spacial score (nSPS) is 15.9. The van der Waals surface area contributed by atoms with Crippen molar-refractivity contribution < 1.29 is 9.15 Å². The SMILES string of the molecule is Cc1ccc(N2COc3c(cc4c5c(c(=O)oc4c3C)CCCC5)C2)c(C)c1. The number of rotatable bonds is 1. The van der Waals surface area contributed by atoms with Crippen LogP contribution >= 0.6 is 0 Å². The van der Waals surface area contributed by atoms with E-state index in [1.807, 2.05) is 6.92 Å². The van der Waals surface area contributed by atoms with Crippen molar-refractivity contribution in [2.75, 3.05) is 11.6 Å². The number of aryl methyl sites for hydroxylation is 4. The Morgan fingerprint density at radius 3 is 2.57 bits per heavy atom. The highest BCUT2D eigenvalue weighted by Crippen LogP contribution is 2.39. The maximum atomic E-state index is 12.5. The Morgan fingerprint density at radius 1 is 1.00 bits per heavy atom. The summed E-state index contributed by atoms with van der Waals surface area (Å²) in [4.78, 5) is 14.8. The molecular weight excluding hydrogens is 350 g/mol. The molecule has 4 nitrogen and oxygen atoms in total. The summed E-state index contributed by atoms with van der Waals surface area (Å²) in [5.74, 6) is 0.868. The Kier molecular flexibility index (Phi) is 3.97. The van der Waals surface area contributed by atoms with Gasteiger partial charge in [-0.3, -0.25) is 0 Å². The van der Waals surface area contributed by atoms with E-state index < -0.39 is 0 Å². The molecule has 0 N–H and O–H groups in total. The summed E-state index contributed by atoms with van der Waals surface area (Å²) in [5.41, 5.74) is 8.43. The average Bonchev–Trinajstić information content (AvgIpc) is 2.69. The molecule has 0 atom stereocenters. The van der Waals surface area contributed by atoms with Crippen molar-refractivity contribution in [2.45, 2.75) is 53.0 Å². The number of ether oxygens (including phenoxy) is 1. The average molecular weight is 375 g/mol. The van der Waals surface area contributed by atoms with Crippen LogP contribution in [0.1, 0.15) is 46.2 Å². The van der Waals surface area contributed by atoms with Crippen LogP contribution in [0.5, 0.6) is 5.75 Å². The molecule has 0 radical (unpaired) electrons. The first-order chi connectivity index (χ1) is 13.5. The molecule has 0 amide bonds. The van der Waals surface area contributed by atoms with Crippen LogP contribution in [0.2, 0.25) is 0 Å². The van der Waals surface area contributed by atoms with Crippen LogP contribution in [0, 0.1) is 20.8 Å². The van der Waals surface area contributed by atoms with E-state index in [-0.39, 0.29) is 5.63 Å². The molecule has 144 valence electrons. The zero-order valence-corrected chi connectivity index (χ0v) is 16.7. The van der Waals surface area contributed by atoms with Gasteiger partial charge in [0.15, 0.2) is 6.73 Å². The van der Waals surface area contributed by atoms with E-state index in [1.165, 1.54) is 22.4 Å². The van der Waals surface area contributed by atoms with Crippen LogP contribution < -0.4 is 15.3 Å². The van der Waals surface area contributed by atoms with E-state index in [9.17, 15) is 4.79 Å². The second-order valence-electron chi connectivity index (χ2n) is 8.18. The molecule has 0 spiro atoms. The lowest BCUT2D eigenvalue weighted by molar-refractivity contribution is 0.287. The molecule has 0 fully saturated rings. The third-order valence-electron chi connectivity index (χ3n) is 6.19. The first kappa shape index (κ1) is 17.4. The molecule has 0 bridgehead atoms. The third kappa shape index (κ3) is 2.62. The highest BCUT2D eigenvalue weighted by molar-refractivity contribution is 5.87. The predicted octanol–water partition coefficient (Wildman–Crippen LogP) is 4.95. The Morgan fingerprint density at radius 2 is 1.79 bits per heavy atom. The standard InChI is InChI=1S/C24H25NO3/c1-14-8-9-21(15(2)10-14)25-12-17-11-20-18-6-4-5-7-19(18)24(26)28-23(20)16(3)22(17)27-13-25/h8-11H,4-7,12-13H2,1-3H3. The Labute approximate surface area is 164 Å². The summed E-state index contributed by atoms with van der Waals surface area (Å²) in [6, 6.07) is 8.73. The van der Waals surface area contributed by atoms with Crippen molar-refractivity contribution in [3.8, 4) is 5.75 Å². The molecule has 1 aliphatic heterocycles. The van der Waals surface area contributed by atoms with Gasteiger partial charge in [0.05, 0.1) is 0 Å². The van der Waals surface area contributed by atoms with E-state index in [0.717, 1.165) is 60.1 Å². The van der Waals surface area contributed by atoms with Gasteiger partial charge < -0.3 is 14.1 Å². The van der Waals surface area contributed by atoms with Gasteiger partial charge in [0.25, 0.3) is 0 Å². The van der Waals surface area contributed by atoms with Gasteiger partial charge in [-0.05, 0) is 69.7 Å². The molecule has 1 aromatic heterocycles. The van der Waals surface area contributed by atoms with Crippen LogP contribution in [-0.2, 0) is 19.4 Å². The molecule has 0 unspecified atom stereocenters. The zero-order chi connectivity index (χ0) is 19.4. The lowest BCUT2D eigenvalue weighted by Gasteiger charge is -2.33. The number of hydrogen-bond donors (Lipinski definition) is 0. The van der Waals surface area contributed by atoms with Gasteiger partial charge in [0.2, 0.25) is 0 Å². The van der Waals surface area contributed by atoms with Crippen LogP contribution in [0.25, 0.3) is 11.0 Å². The minimum Gasteiger partial charge on any atom is -0.472 e. The highest BCUT2D eigenvalue weighted by atomic mass is 16.5. The molecule has 0 saturated carbocycles. The number of anilines is 1. The van der Waals surface area contributed by atoms with Crippen molar-refractivity contribution in [3.63, 3.8) is 0 Å². The van der Waals surface area contributed by atoms with E-state index in [4.69, 9.17) is 9.15 Å². The third-order valence-corrected chi connectivity index (χ3v) is 6.19. The van der Waals surface area contributed by atoms with Gasteiger partial charge in [-0.25, -0.2) is 4.79 Å². The molecule has 3 aromatic rings. The van der Waals surface area contributed by atoms with Gasteiger partial charge in [-0.2, -0.15) is 0 Å². The van der Waals surface area contributed by atoms with Crippen molar-refractivity contribution in [1.82, 2.24) is 0 Å². The lowest BCUT2D eigenvalue weighted by atomic mass is 9.89. The number of benzene rings is 2. The molecule has 2 aromatic carbocycles. The zero-order valence-electron chi connectivity index (χ0n) is 16.7. The first-order valence-electron chi connectivity index (χ1n) is 10.1. The topological polar surface area (TPSA) is 42.7 Å². The number of fused-ring (bicyclic) bond motifs is 4. The van der Waals surface area contributed by atoms with Gasteiger partial charge in [0, 0.05) is 34.3 Å². The monoisotopic (exact) mass is 375 g/mol. The highest BCUT2D eigenvalue weighted by Gasteiger charge is 2.26. The van der Waals surface area contributed by atoms with Gasteiger partial charge in [-0.15, -0.1) is 0 Å². The van der Waals surface area contributed by atoms with E-state index in [1.54, 1.807) is 0 Å². The van der Waals surface area contributed by atoms with Crippen molar-refractivity contribution in [3.05, 3.63) is 68.1 Å². The maximum Gasteiger partial charge on any atom is 0.339 e. The van der Waals surface area contributed by atoms with Gasteiger partial charge in [-0.1, -0.05) is 17.7 Å². The molecule has 4 heteroatoms. The second-order valence-corrected chi connectivity index (χ2v) is 8.18. The van der Waals surface area contributed by atoms with Crippen molar-refractivity contribution >= 4 is 16.7 Å². The summed E-state index contributed by atoms with van der Waals surface area (Å²) >= 11 is 0. The van der Waals surface area contributed by atoms with Crippen molar-refractivity contribution in [2.24, 2.45) is 0 Å². The summed E-state index contributed by atoms with van der Waals surface area (Å²) in [6.07, 6.45) is 3.98. The quantitative estimate of drug-likeness (QED) is 0.564. The second kappa shape index (κ2) is 6.40. The first-order valence-corrected chi connectivity index (χ1v) is 10.1. The summed E-state index contributed by atoms with van der Waals surface area (Å²) < 4.78 is 11.9. The minimum absolute atomic E-state index is 0.169. The lowest BCUT2D eigenvalue weighted by Crippen LogP contribution is -2.33. The Bertz CT molecular complexity index is 1160. The molecule has 2 aliphatic rings.